The minimum Gasteiger partial charge on any atom is -0.493 e. The molecule has 2 aromatic carbocycles. The van der Waals surface area contributed by atoms with Gasteiger partial charge in [0, 0.05) is 29.8 Å². The van der Waals surface area contributed by atoms with Crippen LogP contribution in [0.15, 0.2) is 42.5 Å². The predicted molar refractivity (Wildman–Crippen MR) is 110 cm³/mol. The van der Waals surface area contributed by atoms with Crippen molar-refractivity contribution in [2.45, 2.75) is 19.3 Å². The quantitative estimate of drug-likeness (QED) is 0.515. The van der Waals surface area contributed by atoms with Gasteiger partial charge in [-0.25, -0.2) is 4.68 Å². The average Bonchev–Trinajstić information content (AvgIpc) is 2.93. The molecule has 0 saturated carbocycles. The van der Waals surface area contributed by atoms with Gasteiger partial charge in [0.2, 0.25) is 0 Å². The average molecular weight is 394 g/mol. The van der Waals surface area contributed by atoms with Gasteiger partial charge in [-0.2, -0.15) is 5.10 Å². The fourth-order valence-corrected chi connectivity index (χ4v) is 3.62. The normalized spacial score (nSPS) is 13.2. The maximum atomic E-state index is 11.0. The van der Waals surface area contributed by atoms with Crippen molar-refractivity contribution in [3.63, 3.8) is 0 Å². The SMILES string of the molecule is COc1ccc(-c2nn(-c3ccc([N+](=O)[O-])cc3)c3c2CCCCN3)cc1OC. The van der Waals surface area contributed by atoms with Crippen LogP contribution in [-0.4, -0.2) is 35.5 Å². The minimum atomic E-state index is -0.402. The molecule has 8 nitrogen and oxygen atoms in total. The largest absolute Gasteiger partial charge is 0.493 e. The second-order valence-electron chi connectivity index (χ2n) is 6.81. The minimum absolute atomic E-state index is 0.0556. The van der Waals surface area contributed by atoms with Crippen molar-refractivity contribution in [2.24, 2.45) is 0 Å². The molecule has 1 aliphatic heterocycles. The van der Waals surface area contributed by atoms with Gasteiger partial charge in [-0.15, -0.1) is 0 Å². The van der Waals surface area contributed by atoms with Crippen LogP contribution in [0.4, 0.5) is 11.5 Å². The summed E-state index contributed by atoms with van der Waals surface area (Å²) in [6.07, 6.45) is 3.03. The molecule has 0 atom stereocenters. The number of non-ortho nitro benzene ring substituents is 1. The standard InChI is InChI=1S/C21H22N4O4/c1-28-18-11-6-14(13-19(18)29-2)20-17-5-3-4-12-22-21(17)24(23-20)15-7-9-16(10-8-15)25(26)27/h6-11,13,22H,3-5,12H2,1-2H3. The highest BCUT2D eigenvalue weighted by atomic mass is 16.6. The Kier molecular flexibility index (Phi) is 5.07. The summed E-state index contributed by atoms with van der Waals surface area (Å²) in [5.74, 6) is 2.24. The maximum Gasteiger partial charge on any atom is 0.269 e. The summed E-state index contributed by atoms with van der Waals surface area (Å²) in [5, 5.41) is 19.3. The van der Waals surface area contributed by atoms with E-state index in [4.69, 9.17) is 14.6 Å². The van der Waals surface area contributed by atoms with E-state index in [0.29, 0.717) is 11.5 Å². The summed E-state index contributed by atoms with van der Waals surface area (Å²) in [6, 6.07) is 12.2. The number of anilines is 1. The van der Waals surface area contributed by atoms with Gasteiger partial charge in [-0.1, -0.05) is 0 Å². The molecule has 0 unspecified atom stereocenters. The molecule has 1 aliphatic rings. The maximum absolute atomic E-state index is 11.0. The molecule has 150 valence electrons. The highest BCUT2D eigenvalue weighted by Crippen LogP contribution is 2.37. The van der Waals surface area contributed by atoms with E-state index >= 15 is 0 Å². The van der Waals surface area contributed by atoms with Crippen LogP contribution in [0.5, 0.6) is 11.5 Å². The Labute approximate surface area is 168 Å². The lowest BCUT2D eigenvalue weighted by Crippen LogP contribution is -2.07. The Morgan fingerprint density at radius 1 is 1.07 bits per heavy atom. The summed E-state index contributed by atoms with van der Waals surface area (Å²) in [6.45, 7) is 0.858. The number of rotatable bonds is 5. The Morgan fingerprint density at radius 2 is 1.83 bits per heavy atom. The number of nitrogens with zero attached hydrogens (tertiary/aromatic N) is 3. The number of ether oxygens (including phenoxy) is 2. The lowest BCUT2D eigenvalue weighted by Gasteiger charge is -2.09. The summed E-state index contributed by atoms with van der Waals surface area (Å²) >= 11 is 0. The van der Waals surface area contributed by atoms with Crippen LogP contribution in [0.1, 0.15) is 18.4 Å². The Morgan fingerprint density at radius 3 is 2.52 bits per heavy atom. The molecule has 3 aromatic rings. The number of nitro benzene ring substituents is 1. The van der Waals surface area contributed by atoms with Gasteiger partial charge in [0.1, 0.15) is 5.82 Å². The van der Waals surface area contributed by atoms with Crippen molar-refractivity contribution in [3.05, 3.63) is 58.1 Å². The third kappa shape index (κ3) is 3.49. The van der Waals surface area contributed by atoms with Crippen molar-refractivity contribution in [1.29, 1.82) is 0 Å². The molecular formula is C21H22N4O4. The predicted octanol–water partition coefficient (Wildman–Crippen LogP) is 4.21. The zero-order chi connectivity index (χ0) is 20.4. The van der Waals surface area contributed by atoms with E-state index in [1.165, 1.54) is 12.1 Å². The molecule has 1 aromatic heterocycles. The molecule has 0 fully saturated rings. The second kappa shape index (κ2) is 7.83. The van der Waals surface area contributed by atoms with Gasteiger partial charge in [0.15, 0.2) is 11.5 Å². The number of aromatic nitrogens is 2. The van der Waals surface area contributed by atoms with Crippen LogP contribution >= 0.6 is 0 Å². The van der Waals surface area contributed by atoms with E-state index in [9.17, 15) is 10.1 Å². The first-order valence-electron chi connectivity index (χ1n) is 9.45. The third-order valence-corrected chi connectivity index (χ3v) is 5.09. The highest BCUT2D eigenvalue weighted by Gasteiger charge is 2.23. The number of fused-ring (bicyclic) bond motifs is 1. The van der Waals surface area contributed by atoms with Gasteiger partial charge in [0.25, 0.3) is 5.69 Å². The van der Waals surface area contributed by atoms with Gasteiger partial charge >= 0.3 is 0 Å². The van der Waals surface area contributed by atoms with Crippen LogP contribution in [0.2, 0.25) is 0 Å². The van der Waals surface area contributed by atoms with Crippen LogP contribution in [0.25, 0.3) is 16.9 Å². The van der Waals surface area contributed by atoms with E-state index in [-0.39, 0.29) is 5.69 Å². The fourth-order valence-electron chi connectivity index (χ4n) is 3.62. The summed E-state index contributed by atoms with van der Waals surface area (Å²) in [4.78, 5) is 10.6. The third-order valence-electron chi connectivity index (χ3n) is 5.09. The molecule has 4 rings (SSSR count). The number of nitro groups is 1. The molecule has 29 heavy (non-hydrogen) atoms. The van der Waals surface area contributed by atoms with E-state index in [0.717, 1.165) is 54.1 Å². The topological polar surface area (TPSA) is 91.5 Å². The lowest BCUT2D eigenvalue weighted by atomic mass is 10.0. The number of hydrogen-bond acceptors (Lipinski definition) is 6. The van der Waals surface area contributed by atoms with Crippen LogP contribution in [0, 0.1) is 10.1 Å². The first-order chi connectivity index (χ1) is 14.1. The Hall–Kier alpha value is -3.55. The molecule has 0 bridgehead atoms. The van der Waals surface area contributed by atoms with Gasteiger partial charge in [0.05, 0.1) is 30.5 Å². The number of methoxy groups -OCH3 is 2. The van der Waals surface area contributed by atoms with Crippen molar-refractivity contribution >= 4 is 11.5 Å². The number of nitrogens with one attached hydrogen (secondary N) is 1. The smallest absolute Gasteiger partial charge is 0.269 e. The number of hydrogen-bond donors (Lipinski definition) is 1. The first-order valence-corrected chi connectivity index (χ1v) is 9.45. The molecule has 8 heteroatoms. The molecular weight excluding hydrogens is 372 g/mol. The van der Waals surface area contributed by atoms with Crippen LogP contribution < -0.4 is 14.8 Å². The van der Waals surface area contributed by atoms with Crippen LogP contribution in [-0.2, 0) is 6.42 Å². The zero-order valence-electron chi connectivity index (χ0n) is 16.3. The molecule has 0 amide bonds. The fraction of sp³-hybridized carbons (Fsp3) is 0.286. The van der Waals surface area contributed by atoms with Crippen molar-refractivity contribution in [2.75, 3.05) is 26.1 Å². The number of benzene rings is 2. The summed E-state index contributed by atoms with van der Waals surface area (Å²) in [5.41, 5.74) is 3.76. The van der Waals surface area contributed by atoms with E-state index in [1.54, 1.807) is 26.4 Å². The molecule has 2 heterocycles. The van der Waals surface area contributed by atoms with Gasteiger partial charge in [-0.3, -0.25) is 10.1 Å². The molecule has 0 radical (unpaired) electrons. The summed E-state index contributed by atoms with van der Waals surface area (Å²) < 4.78 is 12.6. The lowest BCUT2D eigenvalue weighted by molar-refractivity contribution is -0.384. The van der Waals surface area contributed by atoms with Crippen molar-refractivity contribution in [1.82, 2.24) is 9.78 Å². The van der Waals surface area contributed by atoms with Gasteiger partial charge < -0.3 is 14.8 Å². The van der Waals surface area contributed by atoms with Gasteiger partial charge in [-0.05, 0) is 49.6 Å². The Balaban J connectivity index is 1.84. The highest BCUT2D eigenvalue weighted by molar-refractivity contribution is 5.73. The molecule has 0 saturated heterocycles. The zero-order valence-corrected chi connectivity index (χ0v) is 16.3. The monoisotopic (exact) mass is 394 g/mol. The second-order valence-corrected chi connectivity index (χ2v) is 6.81. The molecule has 0 aliphatic carbocycles. The first kappa shape index (κ1) is 18.8. The van der Waals surface area contributed by atoms with Crippen molar-refractivity contribution < 1.29 is 14.4 Å². The van der Waals surface area contributed by atoms with E-state index in [2.05, 4.69) is 5.32 Å². The molecule has 0 spiro atoms. The van der Waals surface area contributed by atoms with Crippen molar-refractivity contribution in [3.8, 4) is 28.4 Å². The van der Waals surface area contributed by atoms with Crippen LogP contribution in [0.3, 0.4) is 0 Å². The molecule has 1 N–H and O–H groups in total. The van der Waals surface area contributed by atoms with E-state index < -0.39 is 4.92 Å². The van der Waals surface area contributed by atoms with E-state index in [1.807, 2.05) is 22.9 Å². The Bertz CT molecular complexity index is 1040. The summed E-state index contributed by atoms with van der Waals surface area (Å²) in [7, 11) is 3.22.